The van der Waals surface area contributed by atoms with Crippen molar-refractivity contribution in [1.29, 1.82) is 5.26 Å². The van der Waals surface area contributed by atoms with Crippen LogP contribution in [0.15, 0.2) is 6.07 Å². The topological polar surface area (TPSA) is 89.0 Å². The minimum Gasteiger partial charge on any atom is -0.463 e. The summed E-state index contributed by atoms with van der Waals surface area (Å²) in [6, 6.07) is 2.14. The summed E-state index contributed by atoms with van der Waals surface area (Å²) in [6.45, 7) is 0. The third-order valence-corrected chi connectivity index (χ3v) is 1.74. The second-order valence-electron chi connectivity index (χ2n) is 2.62. The molecular formula is C8H5F2N3O3. The fraction of sp³-hybridized carbons (Fsp3) is 0.250. The van der Waals surface area contributed by atoms with Crippen LogP contribution in [-0.2, 0) is 0 Å². The Hall–Kier alpha value is -2.30. The van der Waals surface area contributed by atoms with Crippen LogP contribution in [0.1, 0.15) is 17.6 Å². The van der Waals surface area contributed by atoms with Crippen LogP contribution in [0.25, 0.3) is 0 Å². The Morgan fingerprint density at radius 1 is 1.69 bits per heavy atom. The molecule has 0 aliphatic rings. The van der Waals surface area contributed by atoms with Gasteiger partial charge in [0.25, 0.3) is 6.43 Å². The molecule has 1 aromatic heterocycles. The Labute approximate surface area is 88.2 Å². The lowest BCUT2D eigenvalue weighted by atomic mass is 10.1. The maximum absolute atomic E-state index is 12.5. The smallest absolute Gasteiger partial charge is 0.386 e. The second kappa shape index (κ2) is 4.48. The molecule has 0 unspecified atom stereocenters. The zero-order chi connectivity index (χ0) is 12.3. The number of nitrogens with zero attached hydrogens (tertiary/aromatic N) is 3. The number of methoxy groups -OCH3 is 1. The Morgan fingerprint density at radius 2 is 2.31 bits per heavy atom. The number of ether oxygens (including phenoxy) is 1. The lowest BCUT2D eigenvalue weighted by molar-refractivity contribution is -0.390. The third-order valence-electron chi connectivity index (χ3n) is 1.74. The van der Waals surface area contributed by atoms with Gasteiger partial charge >= 0.3 is 11.7 Å². The van der Waals surface area contributed by atoms with E-state index in [1.807, 2.05) is 0 Å². The minimum atomic E-state index is -3.01. The molecule has 0 fully saturated rings. The van der Waals surface area contributed by atoms with E-state index >= 15 is 0 Å². The molecule has 0 saturated carbocycles. The van der Waals surface area contributed by atoms with Gasteiger partial charge < -0.3 is 14.9 Å². The summed E-state index contributed by atoms with van der Waals surface area (Å²) in [7, 11) is 1.13. The molecule has 6 nitrogen and oxygen atoms in total. The lowest BCUT2D eigenvalue weighted by Crippen LogP contribution is -2.03. The van der Waals surface area contributed by atoms with E-state index in [-0.39, 0.29) is 5.88 Å². The predicted octanol–water partition coefficient (Wildman–Crippen LogP) is 1.81. The van der Waals surface area contributed by atoms with Crippen molar-refractivity contribution in [2.75, 3.05) is 7.11 Å². The van der Waals surface area contributed by atoms with E-state index in [4.69, 9.17) is 5.26 Å². The van der Waals surface area contributed by atoms with Crippen molar-refractivity contribution in [3.63, 3.8) is 0 Å². The van der Waals surface area contributed by atoms with Crippen molar-refractivity contribution in [3.05, 3.63) is 27.3 Å². The number of rotatable bonds is 3. The fourth-order valence-electron chi connectivity index (χ4n) is 1.05. The average Bonchev–Trinajstić information content (AvgIpc) is 2.26. The summed E-state index contributed by atoms with van der Waals surface area (Å²) >= 11 is 0. The van der Waals surface area contributed by atoms with E-state index in [1.54, 1.807) is 0 Å². The SMILES string of the molecule is COc1cc(C(F)F)c(C#N)c([N+](=O)[O-])n1. The standard InChI is InChI=1S/C8H5F2N3O3/c1-16-6-2-4(7(9)10)5(3-11)8(12-6)13(14)15/h2,7H,1H3. The monoisotopic (exact) mass is 229 g/mol. The molecule has 0 amide bonds. The molecule has 0 atom stereocenters. The number of halogens is 2. The average molecular weight is 229 g/mol. The van der Waals surface area contributed by atoms with Gasteiger partial charge in [0.05, 0.1) is 12.7 Å². The molecular weight excluding hydrogens is 224 g/mol. The van der Waals surface area contributed by atoms with Crippen LogP contribution in [0.4, 0.5) is 14.6 Å². The van der Waals surface area contributed by atoms with Crippen molar-refractivity contribution in [2.24, 2.45) is 0 Å². The quantitative estimate of drug-likeness (QED) is 0.582. The molecule has 0 aliphatic heterocycles. The molecule has 0 saturated heterocycles. The zero-order valence-electron chi connectivity index (χ0n) is 7.98. The van der Waals surface area contributed by atoms with Gasteiger partial charge in [-0.2, -0.15) is 5.26 Å². The van der Waals surface area contributed by atoms with E-state index in [1.165, 1.54) is 6.07 Å². The molecule has 1 aromatic rings. The van der Waals surface area contributed by atoms with Gasteiger partial charge in [-0.05, 0) is 4.92 Å². The van der Waals surface area contributed by atoms with Crippen LogP contribution in [0.2, 0.25) is 0 Å². The summed E-state index contributed by atoms with van der Waals surface area (Å²) in [5.41, 5.74) is -1.51. The molecule has 0 aromatic carbocycles. The molecule has 1 heterocycles. The Balaban J connectivity index is 3.54. The molecule has 0 spiro atoms. The third kappa shape index (κ3) is 2.03. The highest BCUT2D eigenvalue weighted by Gasteiger charge is 2.27. The Kier molecular flexibility index (Phi) is 3.30. The van der Waals surface area contributed by atoms with Crippen LogP contribution in [0, 0.1) is 21.4 Å². The molecule has 16 heavy (non-hydrogen) atoms. The van der Waals surface area contributed by atoms with Crippen LogP contribution < -0.4 is 4.74 Å². The molecule has 84 valence electrons. The van der Waals surface area contributed by atoms with Gasteiger partial charge in [0.1, 0.15) is 6.07 Å². The Bertz CT molecular complexity index is 470. The molecule has 8 heteroatoms. The first-order valence-corrected chi connectivity index (χ1v) is 3.92. The summed E-state index contributed by atoms with van der Waals surface area (Å²) < 4.78 is 29.6. The number of nitriles is 1. The first-order chi connectivity index (χ1) is 7.51. The van der Waals surface area contributed by atoms with E-state index in [0.717, 1.165) is 13.2 Å². The maximum atomic E-state index is 12.5. The van der Waals surface area contributed by atoms with Gasteiger partial charge in [-0.25, -0.2) is 8.78 Å². The fourth-order valence-corrected chi connectivity index (χ4v) is 1.05. The van der Waals surface area contributed by atoms with Crippen molar-refractivity contribution in [1.82, 2.24) is 4.98 Å². The number of hydrogen-bond donors (Lipinski definition) is 0. The number of aromatic nitrogens is 1. The number of nitro groups is 1. The van der Waals surface area contributed by atoms with E-state index in [0.29, 0.717) is 0 Å². The van der Waals surface area contributed by atoms with Crippen molar-refractivity contribution in [3.8, 4) is 11.9 Å². The van der Waals surface area contributed by atoms with Crippen LogP contribution in [0.5, 0.6) is 5.88 Å². The molecule has 0 N–H and O–H groups in total. The summed E-state index contributed by atoms with van der Waals surface area (Å²) in [5.74, 6) is -1.27. The van der Waals surface area contributed by atoms with Crippen molar-refractivity contribution in [2.45, 2.75) is 6.43 Å². The van der Waals surface area contributed by atoms with Gasteiger partial charge in [0.2, 0.25) is 0 Å². The van der Waals surface area contributed by atoms with Gasteiger partial charge in [-0.3, -0.25) is 0 Å². The highest BCUT2D eigenvalue weighted by molar-refractivity contribution is 5.51. The lowest BCUT2D eigenvalue weighted by Gasteiger charge is -2.03. The summed E-state index contributed by atoms with van der Waals surface area (Å²) in [5, 5.41) is 19.1. The normalized spacial score (nSPS) is 9.94. The van der Waals surface area contributed by atoms with Gasteiger partial charge in [0.15, 0.2) is 5.56 Å². The van der Waals surface area contributed by atoms with Crippen molar-refractivity contribution < 1.29 is 18.4 Å². The predicted molar refractivity (Wildman–Crippen MR) is 47.1 cm³/mol. The van der Waals surface area contributed by atoms with Gasteiger partial charge in [0, 0.05) is 11.1 Å². The number of hydrogen-bond acceptors (Lipinski definition) is 5. The first-order valence-electron chi connectivity index (χ1n) is 3.92. The number of alkyl halides is 2. The molecule has 1 rings (SSSR count). The van der Waals surface area contributed by atoms with E-state index in [9.17, 15) is 18.9 Å². The highest BCUT2D eigenvalue weighted by atomic mass is 19.3. The van der Waals surface area contributed by atoms with Crippen LogP contribution >= 0.6 is 0 Å². The van der Waals surface area contributed by atoms with E-state index < -0.39 is 28.3 Å². The largest absolute Gasteiger partial charge is 0.463 e. The maximum Gasteiger partial charge on any atom is 0.386 e. The van der Waals surface area contributed by atoms with Gasteiger partial charge in [-0.1, -0.05) is 0 Å². The van der Waals surface area contributed by atoms with Crippen LogP contribution in [0.3, 0.4) is 0 Å². The van der Waals surface area contributed by atoms with Crippen LogP contribution in [-0.4, -0.2) is 17.0 Å². The summed E-state index contributed by atoms with van der Waals surface area (Å²) in [4.78, 5) is 12.8. The number of pyridine rings is 1. The zero-order valence-corrected chi connectivity index (χ0v) is 7.98. The minimum absolute atomic E-state index is 0.332. The highest BCUT2D eigenvalue weighted by Crippen LogP contribution is 2.30. The second-order valence-corrected chi connectivity index (χ2v) is 2.62. The first kappa shape index (κ1) is 11.8. The Morgan fingerprint density at radius 3 is 2.69 bits per heavy atom. The van der Waals surface area contributed by atoms with Gasteiger partial charge in [-0.15, -0.1) is 0 Å². The van der Waals surface area contributed by atoms with E-state index in [2.05, 4.69) is 9.72 Å². The molecule has 0 radical (unpaired) electrons. The molecule has 0 aliphatic carbocycles. The summed E-state index contributed by atoms with van der Waals surface area (Å²) in [6.07, 6.45) is -3.01. The molecule has 0 bridgehead atoms. The van der Waals surface area contributed by atoms with Crippen molar-refractivity contribution >= 4 is 5.82 Å².